The molecule has 0 amide bonds. The zero-order valence-electron chi connectivity index (χ0n) is 10.5. The third-order valence-electron chi connectivity index (χ3n) is 2.67. The lowest BCUT2D eigenvalue weighted by Crippen LogP contribution is -1.93. The summed E-state index contributed by atoms with van der Waals surface area (Å²) in [6.45, 7) is 1.76. The third-order valence-corrected chi connectivity index (χ3v) is 2.90. The zero-order valence-corrected chi connectivity index (χ0v) is 11.2. The minimum Gasteiger partial charge on any atom is -0.455 e. The Morgan fingerprint density at radius 2 is 2.00 bits per heavy atom. The Balaban J connectivity index is 2.44. The Kier molecular flexibility index (Phi) is 3.87. The molecular weight excluding hydrogens is 280 g/mol. The summed E-state index contributed by atoms with van der Waals surface area (Å²) in [5.41, 5.74) is 0.950. The Bertz CT molecular complexity index is 723. The standard InChI is InChI=1S/C14H9ClN2O3/c1-9-2-5-12(17(18)19)7-13(9)20-14-6-11(15)4-3-10(14)8-16/h2-7H,1H3. The van der Waals surface area contributed by atoms with Gasteiger partial charge in [0.15, 0.2) is 0 Å². The Labute approximate surface area is 120 Å². The fourth-order valence-corrected chi connectivity index (χ4v) is 1.77. The number of ether oxygens (including phenoxy) is 1. The molecule has 0 aromatic heterocycles. The van der Waals surface area contributed by atoms with Crippen LogP contribution in [0.5, 0.6) is 11.5 Å². The van der Waals surface area contributed by atoms with Gasteiger partial charge >= 0.3 is 0 Å². The van der Waals surface area contributed by atoms with Crippen molar-refractivity contribution in [3.63, 3.8) is 0 Å². The molecule has 0 N–H and O–H groups in total. The molecule has 0 radical (unpaired) electrons. The summed E-state index contributed by atoms with van der Waals surface area (Å²) >= 11 is 5.86. The molecule has 2 rings (SSSR count). The van der Waals surface area contributed by atoms with Crippen molar-refractivity contribution in [1.82, 2.24) is 0 Å². The van der Waals surface area contributed by atoms with Crippen LogP contribution in [-0.2, 0) is 0 Å². The van der Waals surface area contributed by atoms with Gasteiger partial charge in [-0.3, -0.25) is 10.1 Å². The molecule has 0 unspecified atom stereocenters. The number of halogens is 1. The minimum atomic E-state index is -0.504. The van der Waals surface area contributed by atoms with E-state index in [0.29, 0.717) is 16.3 Å². The highest BCUT2D eigenvalue weighted by atomic mass is 35.5. The second-order valence-electron chi connectivity index (χ2n) is 4.06. The molecule has 0 saturated heterocycles. The lowest BCUT2D eigenvalue weighted by atomic mass is 10.2. The van der Waals surface area contributed by atoms with Crippen molar-refractivity contribution in [3.05, 3.63) is 62.7 Å². The van der Waals surface area contributed by atoms with E-state index in [-0.39, 0.29) is 11.4 Å². The molecule has 20 heavy (non-hydrogen) atoms. The van der Waals surface area contributed by atoms with E-state index in [1.807, 2.05) is 6.07 Å². The summed E-state index contributed by atoms with van der Waals surface area (Å²) in [4.78, 5) is 10.3. The number of benzene rings is 2. The maximum absolute atomic E-state index is 10.8. The minimum absolute atomic E-state index is 0.0777. The molecule has 0 aliphatic rings. The number of non-ortho nitro benzene ring substituents is 1. The lowest BCUT2D eigenvalue weighted by molar-refractivity contribution is -0.384. The van der Waals surface area contributed by atoms with Crippen LogP contribution >= 0.6 is 11.6 Å². The molecule has 0 saturated carbocycles. The van der Waals surface area contributed by atoms with Gasteiger partial charge in [-0.05, 0) is 30.7 Å². The van der Waals surface area contributed by atoms with Gasteiger partial charge in [0, 0.05) is 17.2 Å². The van der Waals surface area contributed by atoms with E-state index in [4.69, 9.17) is 21.6 Å². The van der Waals surface area contributed by atoms with Crippen molar-refractivity contribution in [3.8, 4) is 17.6 Å². The number of nitro groups is 1. The molecule has 6 heteroatoms. The van der Waals surface area contributed by atoms with Crippen LogP contribution in [0.2, 0.25) is 5.02 Å². The molecule has 0 heterocycles. The molecule has 100 valence electrons. The number of nitrogens with zero attached hydrogens (tertiary/aromatic N) is 2. The van der Waals surface area contributed by atoms with Crippen molar-refractivity contribution >= 4 is 17.3 Å². The monoisotopic (exact) mass is 288 g/mol. The second-order valence-corrected chi connectivity index (χ2v) is 4.50. The summed E-state index contributed by atoms with van der Waals surface area (Å²) < 4.78 is 5.59. The van der Waals surface area contributed by atoms with E-state index in [9.17, 15) is 10.1 Å². The molecular formula is C14H9ClN2O3. The number of nitro benzene ring substituents is 1. The highest BCUT2D eigenvalue weighted by Crippen LogP contribution is 2.32. The van der Waals surface area contributed by atoms with Crippen molar-refractivity contribution < 1.29 is 9.66 Å². The van der Waals surface area contributed by atoms with Crippen LogP contribution < -0.4 is 4.74 Å². The van der Waals surface area contributed by atoms with Gasteiger partial charge in [0.1, 0.15) is 17.6 Å². The van der Waals surface area contributed by atoms with Gasteiger partial charge < -0.3 is 4.74 Å². The number of rotatable bonds is 3. The molecule has 0 bridgehead atoms. The first kappa shape index (κ1) is 13.8. The quantitative estimate of drug-likeness (QED) is 0.626. The van der Waals surface area contributed by atoms with Crippen LogP contribution in [-0.4, -0.2) is 4.92 Å². The zero-order chi connectivity index (χ0) is 14.7. The van der Waals surface area contributed by atoms with Crippen LogP contribution in [0.1, 0.15) is 11.1 Å². The van der Waals surface area contributed by atoms with Crippen LogP contribution in [0.25, 0.3) is 0 Å². The first-order chi connectivity index (χ1) is 9.51. The first-order valence-electron chi connectivity index (χ1n) is 5.64. The van der Waals surface area contributed by atoms with Gasteiger partial charge in [-0.15, -0.1) is 0 Å². The van der Waals surface area contributed by atoms with Gasteiger partial charge in [-0.1, -0.05) is 11.6 Å². The third kappa shape index (κ3) is 2.87. The van der Waals surface area contributed by atoms with Gasteiger partial charge in [0.25, 0.3) is 5.69 Å². The second kappa shape index (κ2) is 5.59. The summed E-state index contributed by atoms with van der Waals surface area (Å²) in [5, 5.41) is 20.2. The summed E-state index contributed by atoms with van der Waals surface area (Å²) in [6.07, 6.45) is 0. The molecule has 0 aliphatic heterocycles. The highest BCUT2D eigenvalue weighted by molar-refractivity contribution is 6.30. The van der Waals surface area contributed by atoms with Crippen LogP contribution in [0.3, 0.4) is 0 Å². The Morgan fingerprint density at radius 3 is 2.65 bits per heavy atom. The lowest BCUT2D eigenvalue weighted by Gasteiger charge is -2.10. The Hall–Kier alpha value is -2.58. The number of nitriles is 1. The van der Waals surface area contributed by atoms with Crippen LogP contribution in [0, 0.1) is 28.4 Å². The largest absolute Gasteiger partial charge is 0.455 e. The molecule has 0 atom stereocenters. The summed E-state index contributed by atoms with van der Waals surface area (Å²) in [7, 11) is 0. The van der Waals surface area contributed by atoms with Gasteiger partial charge in [-0.2, -0.15) is 5.26 Å². The van der Waals surface area contributed by atoms with Crippen molar-refractivity contribution in [2.24, 2.45) is 0 Å². The average Bonchev–Trinajstić information content (AvgIpc) is 2.41. The maximum Gasteiger partial charge on any atom is 0.273 e. The smallest absolute Gasteiger partial charge is 0.273 e. The summed E-state index contributed by atoms with van der Waals surface area (Å²) in [5.74, 6) is 0.585. The fraction of sp³-hybridized carbons (Fsp3) is 0.0714. The molecule has 0 fully saturated rings. The average molecular weight is 289 g/mol. The van der Waals surface area contributed by atoms with Crippen LogP contribution in [0.4, 0.5) is 5.69 Å². The van der Waals surface area contributed by atoms with Crippen molar-refractivity contribution in [2.75, 3.05) is 0 Å². The van der Waals surface area contributed by atoms with Gasteiger partial charge in [0.2, 0.25) is 0 Å². The molecule has 2 aromatic carbocycles. The van der Waals surface area contributed by atoms with Crippen molar-refractivity contribution in [2.45, 2.75) is 6.92 Å². The molecule has 5 nitrogen and oxygen atoms in total. The predicted molar refractivity (Wildman–Crippen MR) is 74.1 cm³/mol. The maximum atomic E-state index is 10.8. The van der Waals surface area contributed by atoms with Crippen molar-refractivity contribution in [1.29, 1.82) is 5.26 Å². The van der Waals surface area contributed by atoms with Gasteiger partial charge in [-0.25, -0.2) is 0 Å². The topological polar surface area (TPSA) is 76.2 Å². The Morgan fingerprint density at radius 1 is 1.25 bits per heavy atom. The normalized spacial score (nSPS) is 9.85. The van der Waals surface area contributed by atoms with E-state index >= 15 is 0 Å². The fourth-order valence-electron chi connectivity index (χ4n) is 1.60. The van der Waals surface area contributed by atoms with E-state index in [1.54, 1.807) is 19.1 Å². The summed E-state index contributed by atoms with van der Waals surface area (Å²) in [6, 6.07) is 10.9. The van der Waals surface area contributed by atoms with E-state index in [2.05, 4.69) is 0 Å². The number of aryl methyl sites for hydroxylation is 1. The number of hydrogen-bond acceptors (Lipinski definition) is 4. The van der Waals surface area contributed by atoms with E-state index < -0.39 is 4.92 Å². The molecule has 0 aliphatic carbocycles. The van der Waals surface area contributed by atoms with E-state index in [1.165, 1.54) is 24.3 Å². The highest BCUT2D eigenvalue weighted by Gasteiger charge is 2.12. The number of hydrogen-bond donors (Lipinski definition) is 0. The molecule has 0 spiro atoms. The predicted octanol–water partition coefficient (Wildman–Crippen LogP) is 4.22. The van der Waals surface area contributed by atoms with E-state index in [0.717, 1.165) is 5.56 Å². The SMILES string of the molecule is Cc1ccc([N+](=O)[O-])cc1Oc1cc(Cl)ccc1C#N. The molecule has 2 aromatic rings. The first-order valence-corrected chi connectivity index (χ1v) is 6.01. The van der Waals surface area contributed by atoms with Gasteiger partial charge in [0.05, 0.1) is 16.6 Å². The van der Waals surface area contributed by atoms with Crippen LogP contribution in [0.15, 0.2) is 36.4 Å².